The molecule has 2 saturated heterocycles. The van der Waals surface area contributed by atoms with Crippen molar-refractivity contribution in [2.75, 3.05) is 39.9 Å². The van der Waals surface area contributed by atoms with Gasteiger partial charge < -0.3 is 14.2 Å². The highest BCUT2D eigenvalue weighted by atomic mass is 16.5. The van der Waals surface area contributed by atoms with Crippen molar-refractivity contribution in [3.63, 3.8) is 0 Å². The normalized spacial score (nSPS) is 23.8. The average Bonchev–Trinajstić information content (AvgIpc) is 3.24. The van der Waals surface area contributed by atoms with Crippen LogP contribution in [-0.2, 0) is 23.1 Å². The van der Waals surface area contributed by atoms with E-state index < -0.39 is 0 Å². The van der Waals surface area contributed by atoms with Gasteiger partial charge in [-0.2, -0.15) is 0 Å². The van der Waals surface area contributed by atoms with Crippen molar-refractivity contribution < 1.29 is 9.53 Å². The van der Waals surface area contributed by atoms with Gasteiger partial charge in [0.15, 0.2) is 0 Å². The molecule has 2 aliphatic heterocycles. The Morgan fingerprint density at radius 3 is 2.93 bits per heavy atom. The minimum Gasteiger partial charge on any atom is -0.385 e. The molecule has 4 rings (SSSR count). The van der Waals surface area contributed by atoms with Gasteiger partial charge in [-0.25, -0.2) is 0 Å². The fraction of sp³-hybridized carbons (Fsp3) is 0.591. The van der Waals surface area contributed by atoms with E-state index in [0.29, 0.717) is 5.91 Å². The third-order valence-corrected chi connectivity index (χ3v) is 6.39. The average molecular weight is 370 g/mol. The molecule has 1 atom stereocenters. The summed E-state index contributed by atoms with van der Waals surface area (Å²) in [5.41, 5.74) is 2.46. The van der Waals surface area contributed by atoms with Gasteiger partial charge in [-0.05, 0) is 55.3 Å². The minimum atomic E-state index is -0.152. The summed E-state index contributed by atoms with van der Waals surface area (Å²) in [6.07, 6.45) is 6.21. The number of nitrogens with zero attached hydrogens (tertiary/aromatic N) is 3. The highest BCUT2D eigenvalue weighted by molar-refractivity contribution is 5.84. The van der Waals surface area contributed by atoms with Crippen molar-refractivity contribution in [3.05, 3.63) is 36.0 Å². The quantitative estimate of drug-likeness (QED) is 0.735. The first-order valence-corrected chi connectivity index (χ1v) is 10.2. The smallest absolute Gasteiger partial charge is 0.230 e. The van der Waals surface area contributed by atoms with Gasteiger partial charge >= 0.3 is 0 Å². The topological polar surface area (TPSA) is 37.7 Å². The standard InChI is InChI=1S/C22H31N3O2/c1-23-12-7-19-6-5-18(15-20(19)23)16-24-13-9-22(17-24)8-3-10-25(21(22)26)11-4-14-27-2/h5-7,12,15H,3-4,8-11,13-14,16-17H2,1-2H3/t22-/m0/s1. The number of carbonyl (C=O) groups excluding carboxylic acids is 1. The fourth-order valence-electron chi connectivity index (χ4n) is 4.90. The zero-order chi connectivity index (χ0) is 18.9. The summed E-state index contributed by atoms with van der Waals surface area (Å²) in [6, 6.07) is 8.88. The number of amides is 1. The third kappa shape index (κ3) is 3.63. The molecule has 146 valence electrons. The van der Waals surface area contributed by atoms with Crippen molar-refractivity contribution in [2.24, 2.45) is 12.5 Å². The number of aromatic nitrogens is 1. The number of aryl methyl sites for hydroxylation is 1. The van der Waals surface area contributed by atoms with Crippen molar-refractivity contribution in [2.45, 2.75) is 32.2 Å². The first kappa shape index (κ1) is 18.5. The zero-order valence-electron chi connectivity index (χ0n) is 16.6. The Balaban J connectivity index is 1.42. The molecule has 0 saturated carbocycles. The van der Waals surface area contributed by atoms with Gasteiger partial charge in [-0.1, -0.05) is 12.1 Å². The van der Waals surface area contributed by atoms with Gasteiger partial charge in [0, 0.05) is 58.7 Å². The van der Waals surface area contributed by atoms with Crippen LogP contribution < -0.4 is 0 Å². The van der Waals surface area contributed by atoms with Crippen molar-refractivity contribution in [1.82, 2.24) is 14.4 Å². The monoisotopic (exact) mass is 369 g/mol. The molecule has 2 aliphatic rings. The second-order valence-corrected chi connectivity index (χ2v) is 8.30. The molecule has 5 nitrogen and oxygen atoms in total. The molecule has 0 unspecified atom stereocenters. The van der Waals surface area contributed by atoms with E-state index in [1.807, 2.05) is 0 Å². The lowest BCUT2D eigenvalue weighted by molar-refractivity contribution is -0.145. The molecule has 0 N–H and O–H groups in total. The van der Waals surface area contributed by atoms with Crippen LogP contribution in [-0.4, -0.2) is 60.2 Å². The number of hydrogen-bond acceptors (Lipinski definition) is 3. The number of benzene rings is 1. The number of fused-ring (bicyclic) bond motifs is 1. The van der Waals surface area contributed by atoms with Crippen LogP contribution in [0, 0.1) is 5.41 Å². The lowest BCUT2D eigenvalue weighted by Gasteiger charge is -2.39. The summed E-state index contributed by atoms with van der Waals surface area (Å²) in [7, 11) is 3.82. The minimum absolute atomic E-state index is 0.152. The van der Waals surface area contributed by atoms with Crippen LogP contribution in [0.3, 0.4) is 0 Å². The van der Waals surface area contributed by atoms with Crippen LogP contribution in [0.5, 0.6) is 0 Å². The Morgan fingerprint density at radius 2 is 2.07 bits per heavy atom. The molecule has 27 heavy (non-hydrogen) atoms. The molecule has 2 fully saturated rings. The lowest BCUT2D eigenvalue weighted by Crippen LogP contribution is -2.50. The van der Waals surface area contributed by atoms with E-state index in [0.717, 1.165) is 65.0 Å². The van der Waals surface area contributed by atoms with E-state index in [1.54, 1.807) is 7.11 Å². The first-order chi connectivity index (χ1) is 13.1. The largest absolute Gasteiger partial charge is 0.385 e. The van der Waals surface area contributed by atoms with Crippen LogP contribution >= 0.6 is 0 Å². The van der Waals surface area contributed by atoms with E-state index in [4.69, 9.17) is 4.74 Å². The van der Waals surface area contributed by atoms with Crippen LogP contribution in [0.1, 0.15) is 31.2 Å². The zero-order valence-corrected chi connectivity index (χ0v) is 16.6. The third-order valence-electron chi connectivity index (χ3n) is 6.39. The second-order valence-electron chi connectivity index (χ2n) is 8.30. The molecule has 0 aliphatic carbocycles. The number of hydrogen-bond donors (Lipinski definition) is 0. The molecule has 3 heterocycles. The van der Waals surface area contributed by atoms with E-state index in [9.17, 15) is 4.79 Å². The molecular formula is C22H31N3O2. The number of methoxy groups -OCH3 is 1. The van der Waals surface area contributed by atoms with Gasteiger partial charge in [0.1, 0.15) is 0 Å². The molecule has 1 aromatic heterocycles. The Hall–Kier alpha value is -1.85. The van der Waals surface area contributed by atoms with E-state index in [-0.39, 0.29) is 5.41 Å². The molecule has 1 aromatic carbocycles. The summed E-state index contributed by atoms with van der Waals surface area (Å²) >= 11 is 0. The summed E-state index contributed by atoms with van der Waals surface area (Å²) in [5, 5.41) is 1.29. The highest BCUT2D eigenvalue weighted by Gasteiger charge is 2.47. The summed E-state index contributed by atoms with van der Waals surface area (Å²) in [5.74, 6) is 0.380. The van der Waals surface area contributed by atoms with E-state index in [2.05, 4.69) is 51.9 Å². The summed E-state index contributed by atoms with van der Waals surface area (Å²) in [4.78, 5) is 17.7. The maximum Gasteiger partial charge on any atom is 0.230 e. The van der Waals surface area contributed by atoms with E-state index >= 15 is 0 Å². The lowest BCUT2D eigenvalue weighted by atomic mass is 9.78. The second kappa shape index (κ2) is 7.64. The Morgan fingerprint density at radius 1 is 1.19 bits per heavy atom. The van der Waals surface area contributed by atoms with Crippen LogP contribution in [0.25, 0.3) is 10.9 Å². The van der Waals surface area contributed by atoms with Crippen molar-refractivity contribution in [3.8, 4) is 0 Å². The van der Waals surface area contributed by atoms with Crippen molar-refractivity contribution >= 4 is 16.8 Å². The Labute approximate surface area is 161 Å². The fourth-order valence-corrected chi connectivity index (χ4v) is 4.90. The predicted octanol–water partition coefficient (Wildman–Crippen LogP) is 3.03. The maximum absolute atomic E-state index is 13.2. The highest BCUT2D eigenvalue weighted by Crippen LogP contribution is 2.40. The van der Waals surface area contributed by atoms with Gasteiger partial charge in [-0.3, -0.25) is 9.69 Å². The number of rotatable bonds is 6. The molecular weight excluding hydrogens is 338 g/mol. The van der Waals surface area contributed by atoms with Gasteiger partial charge in [0.2, 0.25) is 5.91 Å². The number of ether oxygens (including phenoxy) is 1. The molecule has 1 spiro atoms. The summed E-state index contributed by atoms with van der Waals surface area (Å²) in [6.45, 7) is 5.32. The maximum atomic E-state index is 13.2. The van der Waals surface area contributed by atoms with Gasteiger partial charge in [-0.15, -0.1) is 0 Å². The van der Waals surface area contributed by atoms with E-state index in [1.165, 1.54) is 16.5 Å². The van der Waals surface area contributed by atoms with Crippen LogP contribution in [0.4, 0.5) is 0 Å². The number of likely N-dealkylation sites (tertiary alicyclic amines) is 2. The first-order valence-electron chi connectivity index (χ1n) is 10.2. The predicted molar refractivity (Wildman–Crippen MR) is 108 cm³/mol. The number of carbonyl (C=O) groups is 1. The molecule has 5 heteroatoms. The molecule has 1 amide bonds. The molecule has 0 bridgehead atoms. The van der Waals surface area contributed by atoms with Crippen molar-refractivity contribution in [1.29, 1.82) is 0 Å². The van der Waals surface area contributed by atoms with Crippen LogP contribution in [0.2, 0.25) is 0 Å². The van der Waals surface area contributed by atoms with Crippen LogP contribution in [0.15, 0.2) is 30.5 Å². The Bertz CT molecular complexity index is 815. The number of piperidine rings is 1. The SMILES string of the molecule is COCCCN1CCC[C@@]2(CCN(Cc3ccc4ccn(C)c4c3)C2)C1=O. The van der Waals surface area contributed by atoms with Gasteiger partial charge in [0.25, 0.3) is 0 Å². The molecule has 2 aromatic rings. The van der Waals surface area contributed by atoms with Gasteiger partial charge in [0.05, 0.1) is 5.41 Å². The Kier molecular flexibility index (Phi) is 5.24. The summed E-state index contributed by atoms with van der Waals surface area (Å²) < 4.78 is 7.33. The molecule has 0 radical (unpaired) electrons.